The smallest absolute Gasteiger partial charge is 0.318 e. The van der Waals surface area contributed by atoms with Gasteiger partial charge in [-0.3, -0.25) is 9.59 Å². The molecule has 9 nitrogen and oxygen atoms in total. The van der Waals surface area contributed by atoms with Crippen molar-refractivity contribution in [2.75, 3.05) is 45.0 Å². The maximum Gasteiger partial charge on any atom is 0.318 e. The Labute approximate surface area is 187 Å². The highest BCUT2D eigenvalue weighted by Gasteiger charge is 2.28. The lowest BCUT2D eigenvalue weighted by Crippen LogP contribution is -2.41. The largest absolute Gasteiger partial charge is 0.497 e. The number of rotatable bonds is 6. The molecular weight excluding hydrogens is 412 g/mol. The van der Waals surface area contributed by atoms with Crippen LogP contribution < -0.4 is 25.4 Å². The standard InChI is InChI=1S/C23H28N4O5/c1-24-23(30)26-18-6-4-17(5-7-18)25-21(28)15-8-10-27(11-9-15)22(29)16-12-19(31-2)14-20(13-16)32-3/h4-7,12-15H,8-11H2,1-3H3,(H,25,28)(H2,24,26,30). The number of likely N-dealkylation sites (tertiary alicyclic amines) is 1. The number of methoxy groups -OCH3 is 2. The second-order valence-corrected chi connectivity index (χ2v) is 7.44. The van der Waals surface area contributed by atoms with E-state index >= 15 is 0 Å². The molecule has 9 heteroatoms. The first-order chi connectivity index (χ1) is 15.4. The van der Waals surface area contributed by atoms with E-state index in [-0.39, 0.29) is 23.8 Å². The molecule has 0 saturated carbocycles. The molecule has 2 aromatic carbocycles. The van der Waals surface area contributed by atoms with E-state index in [9.17, 15) is 14.4 Å². The lowest BCUT2D eigenvalue weighted by molar-refractivity contribution is -0.121. The van der Waals surface area contributed by atoms with E-state index < -0.39 is 0 Å². The van der Waals surface area contributed by atoms with Gasteiger partial charge in [-0.15, -0.1) is 0 Å². The molecule has 0 radical (unpaired) electrons. The lowest BCUT2D eigenvalue weighted by atomic mass is 9.95. The molecule has 1 heterocycles. The quantitative estimate of drug-likeness (QED) is 0.640. The summed E-state index contributed by atoms with van der Waals surface area (Å²) in [4.78, 5) is 38.7. The van der Waals surface area contributed by atoms with E-state index in [1.807, 2.05) is 0 Å². The number of nitrogens with zero attached hydrogens (tertiary/aromatic N) is 1. The summed E-state index contributed by atoms with van der Waals surface area (Å²) in [6.45, 7) is 0.983. The topological polar surface area (TPSA) is 109 Å². The van der Waals surface area contributed by atoms with Crippen molar-refractivity contribution in [1.82, 2.24) is 10.2 Å². The highest BCUT2D eigenvalue weighted by Crippen LogP contribution is 2.26. The molecule has 2 aromatic rings. The van der Waals surface area contributed by atoms with Crippen molar-refractivity contribution in [2.45, 2.75) is 12.8 Å². The van der Waals surface area contributed by atoms with Crippen molar-refractivity contribution in [3.63, 3.8) is 0 Å². The average molecular weight is 441 g/mol. The summed E-state index contributed by atoms with van der Waals surface area (Å²) in [6, 6.07) is 11.7. The minimum atomic E-state index is -0.310. The van der Waals surface area contributed by atoms with Crippen molar-refractivity contribution in [3.8, 4) is 11.5 Å². The number of carbonyl (C=O) groups is 3. The van der Waals surface area contributed by atoms with E-state index in [1.54, 1.807) is 61.6 Å². The predicted molar refractivity (Wildman–Crippen MR) is 121 cm³/mol. The summed E-state index contributed by atoms with van der Waals surface area (Å²) in [6.07, 6.45) is 1.16. The molecule has 1 aliphatic heterocycles. The number of benzene rings is 2. The van der Waals surface area contributed by atoms with Crippen LogP contribution in [0, 0.1) is 5.92 Å². The Morgan fingerprint density at radius 1 is 0.875 bits per heavy atom. The van der Waals surface area contributed by atoms with Crippen LogP contribution >= 0.6 is 0 Å². The molecule has 32 heavy (non-hydrogen) atoms. The molecular formula is C23H28N4O5. The Morgan fingerprint density at radius 3 is 1.91 bits per heavy atom. The zero-order chi connectivity index (χ0) is 23.1. The summed E-state index contributed by atoms with van der Waals surface area (Å²) in [7, 11) is 4.62. The lowest BCUT2D eigenvalue weighted by Gasteiger charge is -2.31. The number of nitrogens with one attached hydrogen (secondary N) is 3. The number of amides is 4. The van der Waals surface area contributed by atoms with E-state index in [2.05, 4.69) is 16.0 Å². The maximum atomic E-state index is 12.9. The van der Waals surface area contributed by atoms with Crippen molar-refractivity contribution >= 4 is 29.2 Å². The van der Waals surface area contributed by atoms with Gasteiger partial charge in [0.2, 0.25) is 5.91 Å². The monoisotopic (exact) mass is 440 g/mol. The third-order valence-corrected chi connectivity index (χ3v) is 5.39. The zero-order valence-electron chi connectivity index (χ0n) is 18.4. The fourth-order valence-electron chi connectivity index (χ4n) is 3.53. The van der Waals surface area contributed by atoms with Crippen LogP contribution in [0.5, 0.6) is 11.5 Å². The van der Waals surface area contributed by atoms with Gasteiger partial charge >= 0.3 is 6.03 Å². The van der Waals surface area contributed by atoms with Gasteiger partial charge in [-0.2, -0.15) is 0 Å². The first kappa shape index (κ1) is 22.9. The molecule has 1 fully saturated rings. The van der Waals surface area contributed by atoms with Crippen LogP contribution in [0.1, 0.15) is 23.2 Å². The van der Waals surface area contributed by atoms with Gasteiger partial charge in [0.15, 0.2) is 0 Å². The maximum absolute atomic E-state index is 12.9. The Bertz CT molecular complexity index is 947. The second kappa shape index (κ2) is 10.5. The molecule has 170 valence electrons. The van der Waals surface area contributed by atoms with Crippen molar-refractivity contribution in [3.05, 3.63) is 48.0 Å². The normalized spacial score (nSPS) is 13.8. The number of urea groups is 1. The van der Waals surface area contributed by atoms with Gasteiger partial charge < -0.3 is 30.3 Å². The number of carbonyl (C=O) groups excluding carboxylic acids is 3. The predicted octanol–water partition coefficient (Wildman–Crippen LogP) is 2.95. The minimum absolute atomic E-state index is 0.0767. The number of piperidine rings is 1. The Kier molecular flexibility index (Phi) is 7.54. The molecule has 3 N–H and O–H groups in total. The van der Waals surface area contributed by atoms with Crippen molar-refractivity contribution < 1.29 is 23.9 Å². The van der Waals surface area contributed by atoms with Gasteiger partial charge in [0.25, 0.3) is 5.91 Å². The minimum Gasteiger partial charge on any atom is -0.497 e. The van der Waals surface area contributed by atoms with Crippen LogP contribution in [0.4, 0.5) is 16.2 Å². The van der Waals surface area contributed by atoms with Crippen molar-refractivity contribution in [2.24, 2.45) is 5.92 Å². The number of anilines is 2. The van der Waals surface area contributed by atoms with Crippen LogP contribution in [0.2, 0.25) is 0 Å². The van der Waals surface area contributed by atoms with E-state index in [1.165, 1.54) is 7.05 Å². The number of hydrogen-bond acceptors (Lipinski definition) is 5. The van der Waals surface area contributed by atoms with E-state index in [0.29, 0.717) is 54.4 Å². The van der Waals surface area contributed by atoms with E-state index in [0.717, 1.165) is 0 Å². The highest BCUT2D eigenvalue weighted by atomic mass is 16.5. The van der Waals surface area contributed by atoms with Crippen LogP contribution in [-0.4, -0.2) is 57.1 Å². The van der Waals surface area contributed by atoms with Crippen LogP contribution in [0.3, 0.4) is 0 Å². The summed E-state index contributed by atoms with van der Waals surface area (Å²) in [5.74, 6) is 0.743. The van der Waals surface area contributed by atoms with Crippen LogP contribution in [0.25, 0.3) is 0 Å². The molecule has 4 amide bonds. The van der Waals surface area contributed by atoms with Gasteiger partial charge in [0.05, 0.1) is 14.2 Å². The fraction of sp³-hybridized carbons (Fsp3) is 0.348. The first-order valence-electron chi connectivity index (χ1n) is 10.4. The average Bonchev–Trinajstić information content (AvgIpc) is 2.84. The zero-order valence-corrected chi connectivity index (χ0v) is 18.4. The summed E-state index contributed by atoms with van der Waals surface area (Å²) in [5.41, 5.74) is 1.78. The van der Waals surface area contributed by atoms with Crippen molar-refractivity contribution in [1.29, 1.82) is 0 Å². The second-order valence-electron chi connectivity index (χ2n) is 7.44. The molecule has 0 atom stereocenters. The van der Waals surface area contributed by atoms with Crippen LogP contribution in [0.15, 0.2) is 42.5 Å². The Balaban J connectivity index is 1.54. The number of ether oxygens (including phenoxy) is 2. The molecule has 0 bridgehead atoms. The molecule has 0 unspecified atom stereocenters. The van der Waals surface area contributed by atoms with E-state index in [4.69, 9.17) is 9.47 Å². The molecule has 3 rings (SSSR count). The molecule has 0 aromatic heterocycles. The molecule has 1 saturated heterocycles. The molecule has 0 aliphatic carbocycles. The van der Waals surface area contributed by atoms with Gasteiger partial charge in [-0.1, -0.05) is 0 Å². The summed E-state index contributed by atoms with van der Waals surface area (Å²) in [5, 5.41) is 8.05. The SMILES string of the molecule is CNC(=O)Nc1ccc(NC(=O)C2CCN(C(=O)c3cc(OC)cc(OC)c3)CC2)cc1. The fourth-order valence-corrected chi connectivity index (χ4v) is 3.53. The van der Waals surface area contributed by atoms with Gasteiger partial charge in [0, 0.05) is 49.1 Å². The highest BCUT2D eigenvalue weighted by molar-refractivity contribution is 5.96. The first-order valence-corrected chi connectivity index (χ1v) is 10.4. The Morgan fingerprint density at radius 2 is 1.41 bits per heavy atom. The third-order valence-electron chi connectivity index (χ3n) is 5.39. The van der Waals surface area contributed by atoms with Gasteiger partial charge in [-0.25, -0.2) is 4.79 Å². The molecule has 1 aliphatic rings. The van der Waals surface area contributed by atoms with Crippen LogP contribution in [-0.2, 0) is 4.79 Å². The summed E-state index contributed by atoms with van der Waals surface area (Å²) >= 11 is 0. The summed E-state index contributed by atoms with van der Waals surface area (Å²) < 4.78 is 10.5. The Hall–Kier alpha value is -3.75. The molecule has 0 spiro atoms. The van der Waals surface area contributed by atoms with Gasteiger partial charge in [-0.05, 0) is 49.2 Å². The number of hydrogen-bond donors (Lipinski definition) is 3. The van der Waals surface area contributed by atoms with Gasteiger partial charge in [0.1, 0.15) is 11.5 Å². The third kappa shape index (κ3) is 5.69.